The second-order valence-corrected chi connectivity index (χ2v) is 4.04. The van der Waals surface area contributed by atoms with Crippen LogP contribution in [0.25, 0.3) is 10.9 Å². The number of pyridine rings is 1. The van der Waals surface area contributed by atoms with Gasteiger partial charge in [0.05, 0.1) is 23.4 Å². The van der Waals surface area contributed by atoms with Crippen LogP contribution in [-0.2, 0) is 10.9 Å². The number of rotatable bonds is 2. The lowest BCUT2D eigenvalue weighted by Gasteiger charge is -2.10. The van der Waals surface area contributed by atoms with E-state index < -0.39 is 17.7 Å². The molecule has 2 aromatic rings. The molecule has 0 spiro atoms. The van der Waals surface area contributed by atoms with Crippen molar-refractivity contribution in [2.45, 2.75) is 13.1 Å². The third-order valence-corrected chi connectivity index (χ3v) is 2.73. The molecule has 0 saturated heterocycles. The average Bonchev–Trinajstić information content (AvgIpc) is 2.38. The molecule has 106 valence electrons. The third-order valence-electron chi connectivity index (χ3n) is 2.73. The fraction of sp³-hybridized carbons (Fsp3) is 0.231. The SMILES string of the molecule is CCOC(=O)c1cnc2cc(C(F)(F)F)ccc2c1N. The second kappa shape index (κ2) is 4.99. The Morgan fingerprint density at radius 2 is 2.10 bits per heavy atom. The van der Waals surface area contributed by atoms with Crippen molar-refractivity contribution in [3.63, 3.8) is 0 Å². The standard InChI is InChI=1S/C13H11F3N2O2/c1-2-20-12(19)9-6-18-10-5-7(13(14,15)16)3-4-8(10)11(9)17/h3-6H,2H2,1H3,(H2,17,18). The molecule has 1 aromatic carbocycles. The fourth-order valence-corrected chi connectivity index (χ4v) is 1.76. The molecule has 20 heavy (non-hydrogen) atoms. The normalized spacial score (nSPS) is 11.6. The summed E-state index contributed by atoms with van der Waals surface area (Å²) in [4.78, 5) is 15.5. The molecule has 0 unspecified atom stereocenters. The van der Waals surface area contributed by atoms with Crippen LogP contribution in [0.15, 0.2) is 24.4 Å². The van der Waals surface area contributed by atoms with Crippen molar-refractivity contribution >= 4 is 22.6 Å². The first kappa shape index (κ1) is 14.1. The maximum Gasteiger partial charge on any atom is 0.416 e. The molecule has 0 saturated carbocycles. The van der Waals surface area contributed by atoms with Crippen LogP contribution in [-0.4, -0.2) is 17.6 Å². The molecule has 2 rings (SSSR count). The first-order chi connectivity index (χ1) is 9.34. The highest BCUT2D eigenvalue weighted by Gasteiger charge is 2.30. The van der Waals surface area contributed by atoms with Crippen LogP contribution in [0.2, 0.25) is 0 Å². The van der Waals surface area contributed by atoms with E-state index in [4.69, 9.17) is 10.5 Å². The summed E-state index contributed by atoms with van der Waals surface area (Å²) in [5.41, 5.74) is 5.14. The highest BCUT2D eigenvalue weighted by Crippen LogP contribution is 2.32. The number of nitrogens with two attached hydrogens (primary N) is 1. The van der Waals surface area contributed by atoms with E-state index in [9.17, 15) is 18.0 Å². The first-order valence-corrected chi connectivity index (χ1v) is 5.77. The van der Waals surface area contributed by atoms with Gasteiger partial charge in [-0.3, -0.25) is 4.98 Å². The van der Waals surface area contributed by atoms with E-state index in [-0.39, 0.29) is 28.8 Å². The maximum absolute atomic E-state index is 12.6. The maximum atomic E-state index is 12.6. The zero-order valence-corrected chi connectivity index (χ0v) is 10.5. The first-order valence-electron chi connectivity index (χ1n) is 5.77. The van der Waals surface area contributed by atoms with Gasteiger partial charge in [0, 0.05) is 11.6 Å². The molecule has 0 aliphatic rings. The van der Waals surface area contributed by atoms with Crippen LogP contribution in [0.1, 0.15) is 22.8 Å². The largest absolute Gasteiger partial charge is 0.462 e. The minimum atomic E-state index is -4.45. The molecule has 2 N–H and O–H groups in total. The Labute approximate surface area is 112 Å². The summed E-state index contributed by atoms with van der Waals surface area (Å²) in [5.74, 6) is -0.653. The molecule has 1 heterocycles. The van der Waals surface area contributed by atoms with E-state index >= 15 is 0 Å². The zero-order chi connectivity index (χ0) is 14.9. The number of hydrogen-bond donors (Lipinski definition) is 1. The molecule has 0 atom stereocenters. The number of aromatic nitrogens is 1. The number of ether oxygens (including phenoxy) is 1. The summed E-state index contributed by atoms with van der Waals surface area (Å²) in [6.45, 7) is 1.81. The molecule has 0 aliphatic heterocycles. The molecule has 0 fully saturated rings. The number of nitrogens with zero attached hydrogens (tertiary/aromatic N) is 1. The Hall–Kier alpha value is -2.31. The van der Waals surface area contributed by atoms with Gasteiger partial charge in [0.2, 0.25) is 0 Å². The molecule has 4 nitrogen and oxygen atoms in total. The van der Waals surface area contributed by atoms with E-state index in [2.05, 4.69) is 4.98 Å². The van der Waals surface area contributed by atoms with E-state index in [0.29, 0.717) is 0 Å². The number of carbonyl (C=O) groups is 1. The number of carbonyl (C=O) groups excluding carboxylic acids is 1. The number of fused-ring (bicyclic) bond motifs is 1. The Bertz CT molecular complexity index is 668. The van der Waals surface area contributed by atoms with Crippen LogP contribution in [0, 0.1) is 0 Å². The van der Waals surface area contributed by atoms with Crippen molar-refractivity contribution in [3.8, 4) is 0 Å². The molecule has 0 aliphatic carbocycles. The van der Waals surface area contributed by atoms with Crippen molar-refractivity contribution in [2.24, 2.45) is 0 Å². The van der Waals surface area contributed by atoms with Crippen molar-refractivity contribution in [2.75, 3.05) is 12.3 Å². The van der Waals surface area contributed by atoms with Gasteiger partial charge in [-0.1, -0.05) is 6.07 Å². The summed E-state index contributed by atoms with van der Waals surface area (Å²) in [6.07, 6.45) is -3.33. The van der Waals surface area contributed by atoms with Gasteiger partial charge in [-0.05, 0) is 19.1 Å². The van der Waals surface area contributed by atoms with Crippen molar-refractivity contribution in [1.82, 2.24) is 4.98 Å². The minimum Gasteiger partial charge on any atom is -0.462 e. The summed E-state index contributed by atoms with van der Waals surface area (Å²) in [6, 6.07) is 2.99. The minimum absolute atomic E-state index is 0.0408. The number of esters is 1. The summed E-state index contributed by atoms with van der Waals surface area (Å²) in [7, 11) is 0. The third kappa shape index (κ3) is 2.52. The van der Waals surface area contributed by atoms with E-state index in [0.717, 1.165) is 18.3 Å². The molecular weight excluding hydrogens is 273 g/mol. The lowest BCUT2D eigenvalue weighted by atomic mass is 10.1. The van der Waals surface area contributed by atoms with Crippen LogP contribution in [0.3, 0.4) is 0 Å². The molecule has 0 bridgehead atoms. The molecule has 1 aromatic heterocycles. The van der Waals surface area contributed by atoms with Gasteiger partial charge in [0.1, 0.15) is 5.56 Å². The van der Waals surface area contributed by atoms with Crippen molar-refractivity contribution in [1.29, 1.82) is 0 Å². The zero-order valence-electron chi connectivity index (χ0n) is 10.5. The fourth-order valence-electron chi connectivity index (χ4n) is 1.76. The van der Waals surface area contributed by atoms with Crippen LogP contribution < -0.4 is 5.73 Å². The Morgan fingerprint density at radius 3 is 2.70 bits per heavy atom. The molecule has 7 heteroatoms. The Morgan fingerprint density at radius 1 is 1.40 bits per heavy atom. The summed E-state index contributed by atoms with van der Waals surface area (Å²) < 4.78 is 42.6. The topological polar surface area (TPSA) is 65.2 Å². The average molecular weight is 284 g/mol. The predicted octanol–water partition coefficient (Wildman–Crippen LogP) is 3.01. The number of benzene rings is 1. The quantitative estimate of drug-likeness (QED) is 0.861. The van der Waals surface area contributed by atoms with E-state index in [1.807, 2.05) is 0 Å². The molecule has 0 amide bonds. The Balaban J connectivity index is 2.55. The molecular formula is C13H11F3N2O2. The van der Waals surface area contributed by atoms with Gasteiger partial charge in [0.25, 0.3) is 0 Å². The smallest absolute Gasteiger partial charge is 0.416 e. The number of alkyl halides is 3. The van der Waals surface area contributed by atoms with Gasteiger partial charge in [-0.15, -0.1) is 0 Å². The highest BCUT2D eigenvalue weighted by atomic mass is 19.4. The number of nitrogen functional groups attached to an aromatic ring is 1. The van der Waals surface area contributed by atoms with Gasteiger partial charge in [-0.2, -0.15) is 13.2 Å². The van der Waals surface area contributed by atoms with E-state index in [1.165, 1.54) is 6.07 Å². The summed E-state index contributed by atoms with van der Waals surface area (Å²) in [5, 5.41) is 0.281. The van der Waals surface area contributed by atoms with Gasteiger partial charge in [-0.25, -0.2) is 4.79 Å². The number of hydrogen-bond acceptors (Lipinski definition) is 4. The predicted molar refractivity (Wildman–Crippen MR) is 67.1 cm³/mol. The monoisotopic (exact) mass is 284 g/mol. The van der Waals surface area contributed by atoms with Crippen LogP contribution in [0.5, 0.6) is 0 Å². The lowest BCUT2D eigenvalue weighted by Crippen LogP contribution is -2.10. The van der Waals surface area contributed by atoms with Gasteiger partial charge in [0.15, 0.2) is 0 Å². The van der Waals surface area contributed by atoms with Crippen LogP contribution in [0.4, 0.5) is 18.9 Å². The van der Waals surface area contributed by atoms with Gasteiger partial charge >= 0.3 is 12.1 Å². The Kier molecular flexibility index (Phi) is 3.52. The molecule has 0 radical (unpaired) electrons. The second-order valence-electron chi connectivity index (χ2n) is 4.04. The van der Waals surface area contributed by atoms with Crippen molar-refractivity contribution < 1.29 is 22.7 Å². The van der Waals surface area contributed by atoms with Crippen LogP contribution >= 0.6 is 0 Å². The highest BCUT2D eigenvalue weighted by molar-refractivity contribution is 6.04. The number of anilines is 1. The van der Waals surface area contributed by atoms with Gasteiger partial charge < -0.3 is 10.5 Å². The number of halogens is 3. The lowest BCUT2D eigenvalue weighted by molar-refractivity contribution is -0.137. The summed E-state index contributed by atoms with van der Waals surface area (Å²) >= 11 is 0. The van der Waals surface area contributed by atoms with Crippen molar-refractivity contribution in [3.05, 3.63) is 35.5 Å². The van der Waals surface area contributed by atoms with E-state index in [1.54, 1.807) is 6.92 Å².